The minimum atomic E-state index is -1.06. The fourth-order valence-electron chi connectivity index (χ4n) is 3.32. The molecule has 1 aromatic heterocycles. The highest BCUT2D eigenvalue weighted by molar-refractivity contribution is 7.15. The number of amides is 1. The standard InChI is InChI=1S/C26H29NO3S/c1-25(2,3)18-11-7-16(8-12-18)20-15-31-23(21(20)24(29)30)27-22(28)17-9-13-19(14-10-17)26(4,5)6/h7-15H,1-6H3,(H,27,28)(H,29,30). The fourth-order valence-corrected chi connectivity index (χ4v) is 4.28. The number of carbonyl (C=O) groups is 2. The number of nitrogens with one attached hydrogen (secondary N) is 1. The van der Waals surface area contributed by atoms with E-state index in [1.54, 1.807) is 17.5 Å². The molecular weight excluding hydrogens is 406 g/mol. The molecule has 0 fully saturated rings. The summed E-state index contributed by atoms with van der Waals surface area (Å²) in [6.07, 6.45) is 0. The monoisotopic (exact) mass is 435 g/mol. The lowest BCUT2D eigenvalue weighted by molar-refractivity contribution is 0.0699. The van der Waals surface area contributed by atoms with Gasteiger partial charge in [-0.15, -0.1) is 11.3 Å². The molecule has 1 amide bonds. The number of carboxylic acids is 1. The van der Waals surface area contributed by atoms with Gasteiger partial charge >= 0.3 is 5.97 Å². The molecule has 4 nitrogen and oxygen atoms in total. The average Bonchev–Trinajstić information content (AvgIpc) is 3.10. The van der Waals surface area contributed by atoms with Gasteiger partial charge in [0.15, 0.2) is 0 Å². The van der Waals surface area contributed by atoms with Gasteiger partial charge in [0.2, 0.25) is 0 Å². The van der Waals surface area contributed by atoms with E-state index in [4.69, 9.17) is 0 Å². The summed E-state index contributed by atoms with van der Waals surface area (Å²) in [5, 5.41) is 14.8. The molecule has 2 N–H and O–H groups in total. The molecule has 0 saturated carbocycles. The van der Waals surface area contributed by atoms with Crippen molar-refractivity contribution in [2.45, 2.75) is 52.4 Å². The number of benzene rings is 2. The topological polar surface area (TPSA) is 66.4 Å². The maximum Gasteiger partial charge on any atom is 0.339 e. The number of carboxylic acid groups (broad SMARTS) is 1. The SMILES string of the molecule is CC(C)(C)c1ccc(C(=O)Nc2scc(-c3ccc(C(C)(C)C)cc3)c2C(=O)O)cc1. The molecule has 31 heavy (non-hydrogen) atoms. The second-order valence-electron chi connectivity index (χ2n) is 9.77. The van der Waals surface area contributed by atoms with Crippen molar-refractivity contribution in [2.24, 2.45) is 0 Å². The number of hydrogen-bond donors (Lipinski definition) is 2. The van der Waals surface area contributed by atoms with E-state index in [9.17, 15) is 14.7 Å². The first-order chi connectivity index (χ1) is 14.4. The quantitative estimate of drug-likeness (QED) is 0.465. The number of hydrogen-bond acceptors (Lipinski definition) is 3. The van der Waals surface area contributed by atoms with Crippen LogP contribution in [0.15, 0.2) is 53.9 Å². The number of anilines is 1. The molecule has 0 unspecified atom stereocenters. The third-order valence-electron chi connectivity index (χ3n) is 5.31. The summed E-state index contributed by atoms with van der Waals surface area (Å²) in [5.74, 6) is -1.38. The van der Waals surface area contributed by atoms with Crippen LogP contribution >= 0.6 is 11.3 Å². The molecule has 2 aromatic carbocycles. The number of carbonyl (C=O) groups excluding carboxylic acids is 1. The van der Waals surface area contributed by atoms with Gasteiger partial charge in [-0.25, -0.2) is 4.79 Å². The minimum absolute atomic E-state index is 0.00330. The molecule has 0 aliphatic heterocycles. The molecule has 5 heteroatoms. The minimum Gasteiger partial charge on any atom is -0.478 e. The molecule has 0 saturated heterocycles. The van der Waals surface area contributed by atoms with Gasteiger partial charge in [-0.3, -0.25) is 4.79 Å². The van der Waals surface area contributed by atoms with E-state index in [-0.39, 0.29) is 22.3 Å². The Balaban J connectivity index is 1.89. The van der Waals surface area contributed by atoms with Crippen molar-refractivity contribution < 1.29 is 14.7 Å². The van der Waals surface area contributed by atoms with Crippen LogP contribution in [0.5, 0.6) is 0 Å². The highest BCUT2D eigenvalue weighted by Crippen LogP contribution is 2.37. The molecule has 3 rings (SSSR count). The number of thiophene rings is 1. The van der Waals surface area contributed by atoms with Crippen LogP contribution < -0.4 is 5.32 Å². The van der Waals surface area contributed by atoms with Crippen LogP contribution in [0, 0.1) is 0 Å². The van der Waals surface area contributed by atoms with Gasteiger partial charge in [0.05, 0.1) is 0 Å². The molecule has 3 aromatic rings. The summed E-state index contributed by atoms with van der Waals surface area (Å²) in [4.78, 5) is 24.8. The zero-order valence-corrected chi connectivity index (χ0v) is 19.7. The van der Waals surface area contributed by atoms with E-state index in [1.807, 2.05) is 36.4 Å². The van der Waals surface area contributed by atoms with Gasteiger partial charge in [0, 0.05) is 16.5 Å². The second kappa shape index (κ2) is 8.31. The third kappa shape index (κ3) is 5.05. The van der Waals surface area contributed by atoms with Crippen molar-refractivity contribution in [1.82, 2.24) is 0 Å². The van der Waals surface area contributed by atoms with Crippen LogP contribution in [-0.2, 0) is 10.8 Å². The van der Waals surface area contributed by atoms with Crippen LogP contribution in [-0.4, -0.2) is 17.0 Å². The normalized spacial score (nSPS) is 11.9. The van der Waals surface area contributed by atoms with Gasteiger partial charge in [0.1, 0.15) is 10.6 Å². The van der Waals surface area contributed by atoms with Crippen molar-refractivity contribution >= 4 is 28.2 Å². The lowest BCUT2D eigenvalue weighted by atomic mass is 9.86. The largest absolute Gasteiger partial charge is 0.478 e. The molecular formula is C26H29NO3S. The third-order valence-corrected chi connectivity index (χ3v) is 6.20. The van der Waals surface area contributed by atoms with Crippen molar-refractivity contribution in [3.8, 4) is 11.1 Å². The first kappa shape index (κ1) is 22.8. The van der Waals surface area contributed by atoms with Crippen LogP contribution in [0.1, 0.15) is 73.4 Å². The van der Waals surface area contributed by atoms with Gasteiger partial charge in [-0.2, -0.15) is 0 Å². The van der Waals surface area contributed by atoms with Crippen LogP contribution in [0.4, 0.5) is 5.00 Å². The van der Waals surface area contributed by atoms with Crippen molar-refractivity contribution in [3.63, 3.8) is 0 Å². The van der Waals surface area contributed by atoms with E-state index in [0.29, 0.717) is 16.1 Å². The van der Waals surface area contributed by atoms with Crippen LogP contribution in [0.25, 0.3) is 11.1 Å². The molecule has 0 aliphatic rings. The molecule has 0 bridgehead atoms. The maximum atomic E-state index is 12.8. The second-order valence-corrected chi connectivity index (χ2v) is 10.6. The first-order valence-corrected chi connectivity index (χ1v) is 11.1. The van der Waals surface area contributed by atoms with Gasteiger partial charge < -0.3 is 10.4 Å². The Morgan fingerprint density at radius 2 is 1.29 bits per heavy atom. The Morgan fingerprint density at radius 1 is 0.806 bits per heavy atom. The van der Waals surface area contributed by atoms with E-state index in [1.165, 1.54) is 16.9 Å². The first-order valence-electron chi connectivity index (χ1n) is 10.3. The highest BCUT2D eigenvalue weighted by Gasteiger charge is 2.22. The molecule has 0 radical (unpaired) electrons. The van der Waals surface area contributed by atoms with E-state index in [2.05, 4.69) is 46.9 Å². The van der Waals surface area contributed by atoms with Gasteiger partial charge in [0.25, 0.3) is 5.91 Å². The summed E-state index contributed by atoms with van der Waals surface area (Å²) >= 11 is 1.23. The lowest BCUT2D eigenvalue weighted by Crippen LogP contribution is -2.15. The van der Waals surface area contributed by atoms with Crippen LogP contribution in [0.2, 0.25) is 0 Å². The molecule has 0 spiro atoms. The number of aromatic carboxylic acids is 1. The van der Waals surface area contributed by atoms with Crippen molar-refractivity contribution in [2.75, 3.05) is 5.32 Å². The fraction of sp³-hybridized carbons (Fsp3) is 0.308. The highest BCUT2D eigenvalue weighted by atomic mass is 32.1. The summed E-state index contributed by atoms with van der Waals surface area (Å²) in [7, 11) is 0. The van der Waals surface area contributed by atoms with Crippen molar-refractivity contribution in [1.29, 1.82) is 0 Å². The smallest absolute Gasteiger partial charge is 0.339 e. The van der Waals surface area contributed by atoms with Gasteiger partial charge in [-0.05, 0) is 39.7 Å². The van der Waals surface area contributed by atoms with Gasteiger partial charge in [-0.1, -0.05) is 77.9 Å². The Hall–Kier alpha value is -2.92. The maximum absolute atomic E-state index is 12.8. The zero-order valence-electron chi connectivity index (χ0n) is 18.9. The predicted molar refractivity (Wildman–Crippen MR) is 129 cm³/mol. The summed E-state index contributed by atoms with van der Waals surface area (Å²) < 4.78 is 0. The predicted octanol–water partition coefficient (Wildman–Crippen LogP) is 6.96. The Bertz CT molecular complexity index is 1100. The Kier molecular flexibility index (Phi) is 6.10. The molecule has 1 heterocycles. The van der Waals surface area contributed by atoms with E-state index in [0.717, 1.165) is 11.1 Å². The van der Waals surface area contributed by atoms with E-state index >= 15 is 0 Å². The summed E-state index contributed by atoms with van der Waals surface area (Å²) in [6.45, 7) is 12.7. The summed E-state index contributed by atoms with van der Waals surface area (Å²) in [6, 6.07) is 15.3. The molecule has 0 atom stereocenters. The summed E-state index contributed by atoms with van der Waals surface area (Å²) in [5.41, 5.74) is 4.36. The zero-order chi connectivity index (χ0) is 23.0. The average molecular weight is 436 g/mol. The van der Waals surface area contributed by atoms with Crippen molar-refractivity contribution in [3.05, 3.63) is 76.2 Å². The Labute approximate surface area is 188 Å². The van der Waals surface area contributed by atoms with Crippen LogP contribution in [0.3, 0.4) is 0 Å². The lowest BCUT2D eigenvalue weighted by Gasteiger charge is -2.19. The Morgan fingerprint density at radius 3 is 1.74 bits per heavy atom. The molecule has 0 aliphatic carbocycles. The molecule has 162 valence electrons. The number of rotatable bonds is 4. The van der Waals surface area contributed by atoms with E-state index < -0.39 is 5.97 Å².